The zero-order valence-electron chi connectivity index (χ0n) is 46.5. The third kappa shape index (κ3) is 40.3. The summed E-state index contributed by atoms with van der Waals surface area (Å²) in [5.74, 6) is -3.22. The Kier molecular flexibility index (Phi) is 45.8. The fourth-order valence-corrected chi connectivity index (χ4v) is 7.88. The lowest BCUT2D eigenvalue weighted by atomic mass is 9.98. The summed E-state index contributed by atoms with van der Waals surface area (Å²) >= 11 is 0. The van der Waals surface area contributed by atoms with Gasteiger partial charge in [-0.2, -0.15) is 0 Å². The van der Waals surface area contributed by atoms with Crippen LogP contribution in [0.15, 0.2) is 109 Å². The number of hydrogen-bond donors (Lipinski definition) is 3. The van der Waals surface area contributed by atoms with Crippen molar-refractivity contribution in [3.8, 4) is 0 Å². The maximum absolute atomic E-state index is 13.1. The zero-order valence-corrected chi connectivity index (χ0v) is 46.5. The highest BCUT2D eigenvalue weighted by Crippen LogP contribution is 2.26. The highest BCUT2D eigenvalue weighted by Gasteiger charge is 2.50. The van der Waals surface area contributed by atoms with E-state index < -0.39 is 67.3 Å². The molecule has 12 heteroatoms. The average Bonchev–Trinajstić information content (AvgIpc) is 3.39. The molecule has 75 heavy (non-hydrogen) atoms. The summed E-state index contributed by atoms with van der Waals surface area (Å²) in [7, 11) is 0. The molecule has 0 radical (unpaired) electrons. The van der Waals surface area contributed by atoms with Crippen LogP contribution in [0.1, 0.15) is 213 Å². The second kappa shape index (κ2) is 50.2. The van der Waals surface area contributed by atoms with Crippen LogP contribution in [0, 0.1) is 0 Å². The minimum Gasteiger partial charge on any atom is -0.479 e. The second-order valence-corrected chi connectivity index (χ2v) is 19.2. The predicted octanol–water partition coefficient (Wildman–Crippen LogP) is 14.7. The predicted molar refractivity (Wildman–Crippen MR) is 303 cm³/mol. The number of aliphatic hydroxyl groups excluding tert-OH is 2. The average molecular weight is 1050 g/mol. The van der Waals surface area contributed by atoms with Crippen molar-refractivity contribution >= 4 is 23.9 Å². The third-order valence-electron chi connectivity index (χ3n) is 12.3. The molecule has 1 rings (SSSR count). The van der Waals surface area contributed by atoms with Gasteiger partial charge in [-0.25, -0.2) is 4.79 Å². The molecule has 12 nitrogen and oxygen atoms in total. The minimum absolute atomic E-state index is 0.0128. The highest BCUT2D eigenvalue weighted by molar-refractivity contribution is 5.74. The van der Waals surface area contributed by atoms with E-state index in [-0.39, 0.29) is 25.9 Å². The lowest BCUT2D eigenvalue weighted by molar-refractivity contribution is -0.301. The van der Waals surface area contributed by atoms with Gasteiger partial charge >= 0.3 is 23.9 Å². The van der Waals surface area contributed by atoms with Crippen LogP contribution in [-0.2, 0) is 42.9 Å². The summed E-state index contributed by atoms with van der Waals surface area (Å²) in [5, 5.41) is 31.5. The van der Waals surface area contributed by atoms with Crippen LogP contribution in [0.4, 0.5) is 0 Å². The summed E-state index contributed by atoms with van der Waals surface area (Å²) in [6.45, 7) is 5.69. The number of ether oxygens (including phenoxy) is 5. The van der Waals surface area contributed by atoms with E-state index in [4.69, 9.17) is 23.7 Å². The first-order valence-corrected chi connectivity index (χ1v) is 28.9. The van der Waals surface area contributed by atoms with Gasteiger partial charge in [-0.1, -0.05) is 188 Å². The van der Waals surface area contributed by atoms with E-state index in [0.29, 0.717) is 19.3 Å². The number of carboxylic acids is 1. The number of esters is 3. The lowest BCUT2D eigenvalue weighted by Gasteiger charge is -2.40. The fourth-order valence-electron chi connectivity index (χ4n) is 7.88. The number of carboxylic acid groups (broad SMARTS) is 1. The third-order valence-corrected chi connectivity index (χ3v) is 12.3. The number of hydrogen-bond acceptors (Lipinski definition) is 11. The molecular weight excluding hydrogens is 949 g/mol. The summed E-state index contributed by atoms with van der Waals surface area (Å²) in [4.78, 5) is 51.1. The van der Waals surface area contributed by atoms with Gasteiger partial charge in [-0.15, -0.1) is 0 Å². The smallest absolute Gasteiger partial charge is 0.335 e. The number of unbranched alkanes of at least 4 members (excludes halogenated alkanes) is 15. The van der Waals surface area contributed by atoms with E-state index in [0.717, 1.165) is 154 Å². The molecule has 6 unspecified atom stereocenters. The summed E-state index contributed by atoms with van der Waals surface area (Å²) < 4.78 is 28.3. The standard InChI is InChI=1S/C63H100O12/c1-4-7-10-13-16-19-22-25-26-27-28-29-30-33-36-39-42-45-48-51-57(66)74-61-59(68)58(67)60(62(69)70)75-63(61)72-53-54(73-56(65)50-47-44-41-38-35-32-24-21-18-15-12-9-6-3)52-71-55(64)49-46-43-40-37-34-31-23-20-17-14-11-8-5-2/h7,10-12,14-16,19-21,23-26,28-29,33,36,54,58-61,63,67-68H,4-6,8-9,13,17-18,22,27,30-32,34-35,37-53H2,1-3H3,(H,69,70)/b10-7-,14-11-,15-12-,19-16-,23-20-,24-21-,26-25-,29-28-,36-33-. The number of allylic oxidation sites excluding steroid dienone is 18. The molecule has 424 valence electrons. The Bertz CT molecular complexity index is 1720. The molecule has 0 amide bonds. The molecule has 0 aromatic rings. The Morgan fingerprint density at radius 2 is 0.840 bits per heavy atom. The molecule has 0 bridgehead atoms. The van der Waals surface area contributed by atoms with Crippen LogP contribution in [0.25, 0.3) is 0 Å². The maximum atomic E-state index is 13.1. The molecule has 0 aliphatic carbocycles. The number of carbonyl (C=O) groups is 4. The quantitative estimate of drug-likeness (QED) is 0.0228. The Hall–Kier alpha value is -4.62. The van der Waals surface area contributed by atoms with E-state index >= 15 is 0 Å². The zero-order chi connectivity index (χ0) is 54.7. The van der Waals surface area contributed by atoms with E-state index in [1.54, 1.807) is 0 Å². The Morgan fingerprint density at radius 3 is 1.29 bits per heavy atom. The number of rotatable bonds is 47. The van der Waals surface area contributed by atoms with Crippen molar-refractivity contribution in [3.05, 3.63) is 109 Å². The van der Waals surface area contributed by atoms with Gasteiger partial charge in [-0.05, 0) is 116 Å². The first-order valence-electron chi connectivity index (χ1n) is 28.9. The Labute approximate surface area is 453 Å². The largest absolute Gasteiger partial charge is 0.479 e. The Morgan fingerprint density at radius 1 is 0.453 bits per heavy atom. The molecule has 1 aliphatic heterocycles. The van der Waals surface area contributed by atoms with Crippen LogP contribution in [0.5, 0.6) is 0 Å². The monoisotopic (exact) mass is 1050 g/mol. The maximum Gasteiger partial charge on any atom is 0.335 e. The minimum atomic E-state index is -1.92. The van der Waals surface area contributed by atoms with Gasteiger partial charge in [0.25, 0.3) is 0 Å². The lowest BCUT2D eigenvalue weighted by Crippen LogP contribution is -2.61. The van der Waals surface area contributed by atoms with Gasteiger partial charge in [0.2, 0.25) is 0 Å². The van der Waals surface area contributed by atoms with Crippen LogP contribution in [-0.4, -0.2) is 89.2 Å². The van der Waals surface area contributed by atoms with Crippen molar-refractivity contribution in [2.75, 3.05) is 13.2 Å². The topological polar surface area (TPSA) is 175 Å². The van der Waals surface area contributed by atoms with Gasteiger partial charge < -0.3 is 39.0 Å². The van der Waals surface area contributed by atoms with Gasteiger partial charge in [0.15, 0.2) is 24.6 Å². The van der Waals surface area contributed by atoms with Gasteiger partial charge in [0.1, 0.15) is 18.8 Å². The molecule has 1 aliphatic rings. The molecule has 0 aromatic carbocycles. The van der Waals surface area contributed by atoms with E-state index in [1.165, 1.54) is 0 Å². The van der Waals surface area contributed by atoms with Crippen molar-refractivity contribution in [1.82, 2.24) is 0 Å². The summed E-state index contributed by atoms with van der Waals surface area (Å²) in [6, 6.07) is 0. The van der Waals surface area contributed by atoms with Crippen LogP contribution >= 0.6 is 0 Å². The highest BCUT2D eigenvalue weighted by atomic mass is 16.7. The van der Waals surface area contributed by atoms with Gasteiger partial charge in [-0.3, -0.25) is 14.4 Å². The molecule has 1 heterocycles. The first-order chi connectivity index (χ1) is 36.6. The normalized spacial score (nSPS) is 19.0. The molecule has 0 aromatic heterocycles. The van der Waals surface area contributed by atoms with Gasteiger partial charge in [0.05, 0.1) is 6.61 Å². The SMILES string of the molecule is CC/C=C\C/C=C\C/C=C\C/C=C\C/C=C\CCCCCC(=O)OC1C(OCC(COC(=O)CCCCCCC/C=C\C/C=C\CCC)OC(=O)CCCCCCC/C=C\C/C=C\CCC)OC(C(=O)O)C(O)C1O. The first kappa shape index (κ1) is 68.4. The van der Waals surface area contributed by atoms with Crippen molar-refractivity contribution in [2.45, 2.75) is 250 Å². The van der Waals surface area contributed by atoms with E-state index in [1.807, 2.05) is 0 Å². The van der Waals surface area contributed by atoms with Crippen molar-refractivity contribution < 1.29 is 58.2 Å². The van der Waals surface area contributed by atoms with Crippen LogP contribution in [0.3, 0.4) is 0 Å². The van der Waals surface area contributed by atoms with Crippen molar-refractivity contribution in [1.29, 1.82) is 0 Å². The molecule has 0 saturated carbocycles. The summed E-state index contributed by atoms with van der Waals surface area (Å²) in [5.41, 5.74) is 0. The van der Waals surface area contributed by atoms with Gasteiger partial charge in [0, 0.05) is 19.3 Å². The van der Waals surface area contributed by atoms with Crippen molar-refractivity contribution in [2.24, 2.45) is 0 Å². The molecule has 1 fully saturated rings. The second-order valence-electron chi connectivity index (χ2n) is 19.2. The molecular formula is C63H100O12. The summed E-state index contributed by atoms with van der Waals surface area (Å²) in [6.07, 6.45) is 54.9. The molecule has 1 saturated heterocycles. The fraction of sp³-hybridized carbons (Fsp3) is 0.651. The van der Waals surface area contributed by atoms with E-state index in [2.05, 4.69) is 130 Å². The van der Waals surface area contributed by atoms with E-state index in [9.17, 15) is 34.5 Å². The number of aliphatic carboxylic acids is 1. The van der Waals surface area contributed by atoms with Crippen LogP contribution < -0.4 is 0 Å². The Balaban J connectivity index is 2.73. The molecule has 3 N–H and O–H groups in total. The molecule has 0 spiro atoms. The van der Waals surface area contributed by atoms with Crippen LogP contribution in [0.2, 0.25) is 0 Å². The number of carbonyl (C=O) groups excluding carboxylic acids is 3. The molecule has 6 atom stereocenters. The van der Waals surface area contributed by atoms with Crippen molar-refractivity contribution in [3.63, 3.8) is 0 Å². The number of aliphatic hydroxyl groups is 2.